The zero-order valence-corrected chi connectivity index (χ0v) is 12.9. The zero-order valence-electron chi connectivity index (χ0n) is 11.3. The van der Waals surface area contributed by atoms with Gasteiger partial charge in [-0.2, -0.15) is 0 Å². The highest BCUT2D eigenvalue weighted by molar-refractivity contribution is 9.10. The van der Waals surface area contributed by atoms with E-state index in [1.807, 2.05) is 60.7 Å². The molecule has 0 bridgehead atoms. The van der Waals surface area contributed by atoms with Gasteiger partial charge in [0.15, 0.2) is 0 Å². The van der Waals surface area contributed by atoms with Gasteiger partial charge in [0, 0.05) is 10.2 Å². The largest absolute Gasteiger partial charge is 0.326 e. The van der Waals surface area contributed by atoms with Crippen LogP contribution in [0.2, 0.25) is 0 Å². The second-order valence-electron chi connectivity index (χ2n) is 4.91. The molecule has 3 aromatic rings. The number of fused-ring (bicyclic) bond motifs is 1. The number of nitrogens with one attached hydrogen (secondary N) is 1. The Bertz CT molecular complexity index is 781. The van der Waals surface area contributed by atoms with Crippen molar-refractivity contribution >= 4 is 38.3 Å². The molecule has 3 aromatic carbocycles. The number of amides is 1. The van der Waals surface area contributed by atoms with E-state index in [9.17, 15) is 4.79 Å². The van der Waals surface area contributed by atoms with E-state index in [0.29, 0.717) is 6.42 Å². The number of hydrogen-bond donors (Lipinski definition) is 1. The molecule has 0 spiro atoms. The number of anilines is 1. The lowest BCUT2D eigenvalue weighted by molar-refractivity contribution is -0.115. The Morgan fingerprint density at radius 2 is 1.62 bits per heavy atom. The van der Waals surface area contributed by atoms with E-state index in [0.717, 1.165) is 21.1 Å². The van der Waals surface area contributed by atoms with Crippen LogP contribution in [0.1, 0.15) is 5.56 Å². The molecule has 0 atom stereocenters. The van der Waals surface area contributed by atoms with Gasteiger partial charge in [-0.1, -0.05) is 58.4 Å². The van der Waals surface area contributed by atoms with Crippen LogP contribution in [0.4, 0.5) is 5.69 Å². The van der Waals surface area contributed by atoms with Crippen LogP contribution in [0.15, 0.2) is 71.2 Å². The first-order valence-corrected chi connectivity index (χ1v) is 7.53. The van der Waals surface area contributed by atoms with Gasteiger partial charge in [0.1, 0.15) is 0 Å². The van der Waals surface area contributed by atoms with Gasteiger partial charge in [-0.25, -0.2) is 0 Å². The zero-order chi connectivity index (χ0) is 14.7. The lowest BCUT2D eigenvalue weighted by atomic mass is 10.1. The Hall–Kier alpha value is -2.13. The summed E-state index contributed by atoms with van der Waals surface area (Å²) in [5, 5.41) is 5.24. The second-order valence-corrected chi connectivity index (χ2v) is 5.83. The number of carbonyl (C=O) groups excluding carboxylic acids is 1. The molecule has 0 fully saturated rings. The Kier molecular flexibility index (Phi) is 4.02. The normalized spacial score (nSPS) is 10.5. The lowest BCUT2D eigenvalue weighted by Crippen LogP contribution is -2.14. The Balaban J connectivity index is 1.72. The summed E-state index contributed by atoms with van der Waals surface area (Å²) < 4.78 is 1.01. The van der Waals surface area contributed by atoms with E-state index in [-0.39, 0.29) is 5.91 Å². The van der Waals surface area contributed by atoms with Crippen molar-refractivity contribution in [2.45, 2.75) is 6.42 Å². The molecule has 104 valence electrons. The van der Waals surface area contributed by atoms with E-state index in [4.69, 9.17) is 0 Å². The van der Waals surface area contributed by atoms with Gasteiger partial charge < -0.3 is 5.32 Å². The highest BCUT2D eigenvalue weighted by Crippen LogP contribution is 2.19. The fourth-order valence-electron chi connectivity index (χ4n) is 2.26. The third-order valence-electron chi connectivity index (χ3n) is 3.31. The maximum atomic E-state index is 12.1. The molecule has 0 radical (unpaired) electrons. The van der Waals surface area contributed by atoms with E-state index < -0.39 is 0 Å². The van der Waals surface area contributed by atoms with Crippen LogP contribution < -0.4 is 5.32 Å². The average molecular weight is 340 g/mol. The minimum absolute atomic E-state index is 0.00685. The minimum Gasteiger partial charge on any atom is -0.326 e. The standard InChI is InChI=1S/C18H14BrNO/c19-16-8-5-13(6-9-16)11-18(21)20-17-10-7-14-3-1-2-4-15(14)12-17/h1-10,12H,11H2,(H,20,21). The quantitative estimate of drug-likeness (QED) is 0.730. The average Bonchev–Trinajstić information content (AvgIpc) is 2.49. The van der Waals surface area contributed by atoms with Crippen LogP contribution in [0.5, 0.6) is 0 Å². The smallest absolute Gasteiger partial charge is 0.228 e. The predicted molar refractivity (Wildman–Crippen MR) is 90.4 cm³/mol. The summed E-state index contributed by atoms with van der Waals surface area (Å²) in [4.78, 5) is 12.1. The first-order chi connectivity index (χ1) is 10.2. The first-order valence-electron chi connectivity index (χ1n) is 6.74. The molecule has 0 aromatic heterocycles. The number of rotatable bonds is 3. The Labute approximate surface area is 131 Å². The van der Waals surface area contributed by atoms with Crippen molar-refractivity contribution in [1.29, 1.82) is 0 Å². The van der Waals surface area contributed by atoms with E-state index in [1.165, 1.54) is 5.39 Å². The fraction of sp³-hybridized carbons (Fsp3) is 0.0556. The van der Waals surface area contributed by atoms with Crippen LogP contribution in [-0.4, -0.2) is 5.91 Å². The maximum Gasteiger partial charge on any atom is 0.228 e. The molecule has 0 aliphatic heterocycles. The molecule has 1 N–H and O–H groups in total. The molecule has 0 unspecified atom stereocenters. The predicted octanol–water partition coefficient (Wildman–Crippen LogP) is 4.78. The Morgan fingerprint density at radius 1 is 0.905 bits per heavy atom. The minimum atomic E-state index is -0.00685. The number of carbonyl (C=O) groups is 1. The fourth-order valence-corrected chi connectivity index (χ4v) is 2.52. The molecular formula is C18H14BrNO. The van der Waals surface area contributed by atoms with Gasteiger partial charge in [0.05, 0.1) is 6.42 Å². The second kappa shape index (κ2) is 6.10. The summed E-state index contributed by atoms with van der Waals surface area (Å²) in [5.74, 6) is -0.00685. The van der Waals surface area contributed by atoms with Crippen LogP contribution >= 0.6 is 15.9 Å². The van der Waals surface area contributed by atoms with Crippen molar-refractivity contribution in [3.05, 3.63) is 76.8 Å². The van der Waals surface area contributed by atoms with Crippen molar-refractivity contribution in [2.75, 3.05) is 5.32 Å². The van der Waals surface area contributed by atoms with Gasteiger partial charge in [0.2, 0.25) is 5.91 Å². The molecule has 0 aliphatic carbocycles. The SMILES string of the molecule is O=C(Cc1ccc(Br)cc1)Nc1ccc2ccccc2c1. The van der Waals surface area contributed by atoms with E-state index >= 15 is 0 Å². The molecule has 0 aliphatic rings. The van der Waals surface area contributed by atoms with Crippen molar-refractivity contribution in [1.82, 2.24) is 0 Å². The summed E-state index contributed by atoms with van der Waals surface area (Å²) >= 11 is 3.39. The van der Waals surface area contributed by atoms with Crippen molar-refractivity contribution in [3.63, 3.8) is 0 Å². The maximum absolute atomic E-state index is 12.1. The monoisotopic (exact) mass is 339 g/mol. The topological polar surface area (TPSA) is 29.1 Å². The summed E-state index contributed by atoms with van der Waals surface area (Å²) in [5.41, 5.74) is 1.83. The van der Waals surface area contributed by atoms with Crippen LogP contribution in [0.25, 0.3) is 10.8 Å². The highest BCUT2D eigenvalue weighted by atomic mass is 79.9. The van der Waals surface area contributed by atoms with Gasteiger partial charge in [0.25, 0.3) is 0 Å². The van der Waals surface area contributed by atoms with Gasteiger partial charge >= 0.3 is 0 Å². The van der Waals surface area contributed by atoms with Gasteiger partial charge in [-0.15, -0.1) is 0 Å². The van der Waals surface area contributed by atoms with Crippen molar-refractivity contribution in [3.8, 4) is 0 Å². The number of benzene rings is 3. The molecule has 0 heterocycles. The van der Waals surface area contributed by atoms with E-state index in [1.54, 1.807) is 0 Å². The Morgan fingerprint density at radius 3 is 2.38 bits per heavy atom. The lowest BCUT2D eigenvalue weighted by Gasteiger charge is -2.07. The molecule has 3 rings (SSSR count). The molecule has 21 heavy (non-hydrogen) atoms. The molecule has 1 amide bonds. The van der Waals surface area contributed by atoms with E-state index in [2.05, 4.69) is 27.3 Å². The van der Waals surface area contributed by atoms with Crippen LogP contribution in [0, 0.1) is 0 Å². The summed E-state index contributed by atoms with van der Waals surface area (Å²) in [6, 6.07) is 21.8. The molecular weight excluding hydrogens is 326 g/mol. The molecule has 3 heteroatoms. The van der Waals surface area contributed by atoms with Crippen molar-refractivity contribution < 1.29 is 4.79 Å². The third-order valence-corrected chi connectivity index (χ3v) is 3.84. The first kappa shape index (κ1) is 13.8. The van der Waals surface area contributed by atoms with Crippen LogP contribution in [-0.2, 0) is 11.2 Å². The molecule has 0 saturated carbocycles. The van der Waals surface area contributed by atoms with Crippen molar-refractivity contribution in [2.24, 2.45) is 0 Å². The third kappa shape index (κ3) is 3.50. The summed E-state index contributed by atoms with van der Waals surface area (Å²) in [6.07, 6.45) is 0.375. The summed E-state index contributed by atoms with van der Waals surface area (Å²) in [7, 11) is 0. The number of halogens is 1. The number of hydrogen-bond acceptors (Lipinski definition) is 1. The molecule has 0 saturated heterocycles. The van der Waals surface area contributed by atoms with Crippen LogP contribution in [0.3, 0.4) is 0 Å². The molecule has 2 nitrogen and oxygen atoms in total. The van der Waals surface area contributed by atoms with Gasteiger partial charge in [-0.05, 0) is 40.6 Å². The van der Waals surface area contributed by atoms with Gasteiger partial charge in [-0.3, -0.25) is 4.79 Å². The highest BCUT2D eigenvalue weighted by Gasteiger charge is 2.04. The summed E-state index contributed by atoms with van der Waals surface area (Å²) in [6.45, 7) is 0.